The Morgan fingerprint density at radius 3 is 2.96 bits per heavy atom. The predicted octanol–water partition coefficient (Wildman–Crippen LogP) is 3.41. The lowest BCUT2D eigenvalue weighted by molar-refractivity contribution is 0.0705. The molecule has 1 aliphatic heterocycles. The standard InChI is InChI=1S/C19H20ClN5O/c1-12-5-6-16(20)15(8-12)18(26)24-7-3-4-14(10-24)17-9-13(2)23-19-21-11-22-25(17)19/h5-6,8-9,11,14H,3-4,7,10H2,1-2H3. The Labute approximate surface area is 156 Å². The number of carbonyl (C=O) groups is 1. The van der Waals surface area contributed by atoms with Crippen LogP contribution in [-0.2, 0) is 0 Å². The maximum absolute atomic E-state index is 13.0. The first-order valence-corrected chi connectivity index (χ1v) is 9.13. The number of halogens is 1. The van der Waals surface area contributed by atoms with Crippen molar-refractivity contribution in [3.8, 4) is 0 Å². The predicted molar refractivity (Wildman–Crippen MR) is 99.6 cm³/mol. The second-order valence-corrected chi connectivity index (χ2v) is 7.28. The quantitative estimate of drug-likeness (QED) is 0.694. The summed E-state index contributed by atoms with van der Waals surface area (Å²) in [5.41, 5.74) is 3.56. The van der Waals surface area contributed by atoms with E-state index in [-0.39, 0.29) is 11.8 Å². The number of aryl methyl sites for hydroxylation is 2. The lowest BCUT2D eigenvalue weighted by atomic mass is 9.93. The van der Waals surface area contributed by atoms with E-state index in [1.807, 2.05) is 36.9 Å². The molecule has 0 saturated carbocycles. The summed E-state index contributed by atoms with van der Waals surface area (Å²) in [6.45, 7) is 5.30. The number of amides is 1. The van der Waals surface area contributed by atoms with E-state index >= 15 is 0 Å². The third kappa shape index (κ3) is 3.05. The fourth-order valence-electron chi connectivity index (χ4n) is 3.63. The highest BCUT2D eigenvalue weighted by molar-refractivity contribution is 6.33. The van der Waals surface area contributed by atoms with Crippen LogP contribution in [0.5, 0.6) is 0 Å². The van der Waals surface area contributed by atoms with Crippen molar-refractivity contribution in [2.75, 3.05) is 13.1 Å². The SMILES string of the molecule is Cc1ccc(Cl)c(C(=O)N2CCCC(c3cc(C)nc4ncnn34)C2)c1. The second kappa shape index (κ2) is 6.68. The molecule has 1 amide bonds. The topological polar surface area (TPSA) is 63.4 Å². The Morgan fingerprint density at radius 1 is 1.27 bits per heavy atom. The van der Waals surface area contributed by atoms with Crippen molar-refractivity contribution < 1.29 is 4.79 Å². The van der Waals surface area contributed by atoms with E-state index in [0.29, 0.717) is 22.9 Å². The first kappa shape index (κ1) is 17.0. The third-order valence-electron chi connectivity index (χ3n) is 4.89. The molecule has 134 valence electrons. The Hall–Kier alpha value is -2.47. The van der Waals surface area contributed by atoms with E-state index < -0.39 is 0 Å². The molecule has 2 aromatic heterocycles. The van der Waals surface area contributed by atoms with Gasteiger partial charge < -0.3 is 4.90 Å². The van der Waals surface area contributed by atoms with E-state index in [1.165, 1.54) is 6.33 Å². The fourth-order valence-corrected chi connectivity index (χ4v) is 3.82. The first-order chi connectivity index (χ1) is 12.5. The average molecular weight is 370 g/mol. The summed E-state index contributed by atoms with van der Waals surface area (Å²) in [5, 5.41) is 4.81. The van der Waals surface area contributed by atoms with Gasteiger partial charge in [0.25, 0.3) is 11.7 Å². The van der Waals surface area contributed by atoms with E-state index in [1.54, 1.807) is 10.6 Å². The minimum Gasteiger partial charge on any atom is -0.338 e. The zero-order chi connectivity index (χ0) is 18.3. The molecule has 3 heterocycles. The van der Waals surface area contributed by atoms with E-state index in [9.17, 15) is 4.79 Å². The minimum absolute atomic E-state index is 0.0102. The Morgan fingerprint density at radius 2 is 2.12 bits per heavy atom. The number of fused-ring (bicyclic) bond motifs is 1. The van der Waals surface area contributed by atoms with Crippen molar-refractivity contribution in [2.45, 2.75) is 32.6 Å². The molecule has 1 atom stereocenters. The van der Waals surface area contributed by atoms with Crippen LogP contribution in [0.1, 0.15) is 46.1 Å². The van der Waals surface area contributed by atoms with Crippen LogP contribution in [0.3, 0.4) is 0 Å². The van der Waals surface area contributed by atoms with Gasteiger partial charge in [-0.05, 0) is 44.9 Å². The molecule has 3 aromatic rings. The third-order valence-corrected chi connectivity index (χ3v) is 5.22. The van der Waals surface area contributed by atoms with Gasteiger partial charge in [-0.15, -0.1) is 0 Å². The second-order valence-electron chi connectivity index (χ2n) is 6.87. The Bertz CT molecular complexity index is 983. The number of aromatic nitrogens is 4. The minimum atomic E-state index is -0.0102. The van der Waals surface area contributed by atoms with Gasteiger partial charge in [-0.3, -0.25) is 4.79 Å². The summed E-state index contributed by atoms with van der Waals surface area (Å²) >= 11 is 6.27. The van der Waals surface area contributed by atoms with E-state index in [0.717, 1.165) is 36.3 Å². The maximum atomic E-state index is 13.0. The molecular formula is C19H20ClN5O. The molecule has 0 radical (unpaired) electrons. The molecule has 1 aromatic carbocycles. The molecule has 0 bridgehead atoms. The molecule has 0 aliphatic carbocycles. The van der Waals surface area contributed by atoms with Gasteiger partial charge in [0.2, 0.25) is 0 Å². The fraction of sp³-hybridized carbons (Fsp3) is 0.368. The van der Waals surface area contributed by atoms with Crippen LogP contribution in [0.4, 0.5) is 0 Å². The molecule has 26 heavy (non-hydrogen) atoms. The van der Waals surface area contributed by atoms with Crippen molar-refractivity contribution in [3.63, 3.8) is 0 Å². The molecular weight excluding hydrogens is 350 g/mol. The van der Waals surface area contributed by atoms with Crippen LogP contribution in [0.15, 0.2) is 30.6 Å². The number of benzene rings is 1. The number of hydrogen-bond acceptors (Lipinski definition) is 4. The summed E-state index contributed by atoms with van der Waals surface area (Å²) in [6, 6.07) is 7.61. The highest BCUT2D eigenvalue weighted by atomic mass is 35.5. The van der Waals surface area contributed by atoms with Crippen LogP contribution in [-0.4, -0.2) is 43.5 Å². The number of nitrogens with zero attached hydrogens (tertiary/aromatic N) is 5. The highest BCUT2D eigenvalue weighted by Crippen LogP contribution is 2.29. The molecule has 0 spiro atoms. The van der Waals surface area contributed by atoms with Crippen molar-refractivity contribution in [1.82, 2.24) is 24.5 Å². The van der Waals surface area contributed by atoms with Gasteiger partial charge in [-0.1, -0.05) is 23.2 Å². The van der Waals surface area contributed by atoms with Crippen molar-refractivity contribution >= 4 is 23.3 Å². The van der Waals surface area contributed by atoms with E-state index in [4.69, 9.17) is 11.6 Å². The highest BCUT2D eigenvalue weighted by Gasteiger charge is 2.28. The molecule has 1 aliphatic rings. The summed E-state index contributed by atoms with van der Waals surface area (Å²) in [6.07, 6.45) is 3.46. The van der Waals surface area contributed by atoms with Gasteiger partial charge in [0.15, 0.2) is 0 Å². The largest absolute Gasteiger partial charge is 0.338 e. The smallest absolute Gasteiger partial charge is 0.255 e. The monoisotopic (exact) mass is 369 g/mol. The molecule has 1 fully saturated rings. The molecule has 7 heteroatoms. The summed E-state index contributed by atoms with van der Waals surface area (Å²) in [7, 11) is 0. The van der Waals surface area contributed by atoms with Gasteiger partial charge in [0.1, 0.15) is 6.33 Å². The normalized spacial score (nSPS) is 17.7. The van der Waals surface area contributed by atoms with Gasteiger partial charge in [0, 0.05) is 24.7 Å². The summed E-state index contributed by atoms with van der Waals surface area (Å²) in [4.78, 5) is 23.5. The van der Waals surface area contributed by atoms with Crippen LogP contribution >= 0.6 is 11.6 Å². The molecule has 1 unspecified atom stereocenters. The van der Waals surface area contributed by atoms with Gasteiger partial charge in [-0.2, -0.15) is 10.1 Å². The van der Waals surface area contributed by atoms with Crippen molar-refractivity contribution in [2.24, 2.45) is 0 Å². The Balaban J connectivity index is 1.64. The van der Waals surface area contributed by atoms with Gasteiger partial charge >= 0.3 is 0 Å². The van der Waals surface area contributed by atoms with E-state index in [2.05, 4.69) is 15.1 Å². The van der Waals surface area contributed by atoms with Crippen LogP contribution in [0.2, 0.25) is 5.02 Å². The van der Waals surface area contributed by atoms with Crippen LogP contribution in [0.25, 0.3) is 5.78 Å². The number of hydrogen-bond donors (Lipinski definition) is 0. The van der Waals surface area contributed by atoms with Crippen LogP contribution < -0.4 is 0 Å². The maximum Gasteiger partial charge on any atom is 0.255 e. The first-order valence-electron chi connectivity index (χ1n) is 8.75. The lowest BCUT2D eigenvalue weighted by Gasteiger charge is -2.33. The molecule has 4 rings (SSSR count). The lowest BCUT2D eigenvalue weighted by Crippen LogP contribution is -2.39. The van der Waals surface area contributed by atoms with Gasteiger partial charge in [0.05, 0.1) is 16.3 Å². The Kier molecular flexibility index (Phi) is 4.36. The van der Waals surface area contributed by atoms with Gasteiger partial charge in [-0.25, -0.2) is 9.50 Å². The number of piperidine rings is 1. The van der Waals surface area contributed by atoms with Crippen molar-refractivity contribution in [3.05, 3.63) is 58.1 Å². The molecule has 0 N–H and O–H groups in total. The van der Waals surface area contributed by atoms with Crippen molar-refractivity contribution in [1.29, 1.82) is 0 Å². The zero-order valence-electron chi connectivity index (χ0n) is 14.8. The summed E-state index contributed by atoms with van der Waals surface area (Å²) < 4.78 is 1.78. The number of rotatable bonds is 2. The molecule has 1 saturated heterocycles. The molecule has 6 nitrogen and oxygen atoms in total. The zero-order valence-corrected chi connectivity index (χ0v) is 15.6. The number of likely N-dealkylation sites (tertiary alicyclic amines) is 1. The average Bonchev–Trinajstić information content (AvgIpc) is 3.11. The van der Waals surface area contributed by atoms with Crippen LogP contribution in [0, 0.1) is 13.8 Å². The summed E-state index contributed by atoms with van der Waals surface area (Å²) in [5.74, 6) is 0.788. The number of carbonyl (C=O) groups excluding carboxylic acids is 1.